The van der Waals surface area contributed by atoms with Crippen molar-refractivity contribution in [3.05, 3.63) is 65.7 Å². The fraction of sp³-hybridized carbons (Fsp3) is 0.517. The number of hydrogen-bond donors (Lipinski definition) is 1. The Morgan fingerprint density at radius 1 is 0.974 bits per heavy atom. The average molecular weight is 558 g/mol. The number of carbonyl (C=O) groups is 2. The van der Waals surface area contributed by atoms with Gasteiger partial charge in [-0.25, -0.2) is 13.2 Å². The number of piperidine rings is 1. The Kier molecular flexibility index (Phi) is 9.99. The van der Waals surface area contributed by atoms with Gasteiger partial charge in [-0.2, -0.15) is 4.31 Å². The van der Waals surface area contributed by atoms with Gasteiger partial charge in [-0.05, 0) is 62.9 Å². The van der Waals surface area contributed by atoms with Crippen molar-refractivity contribution in [3.8, 4) is 5.75 Å². The highest BCUT2D eigenvalue weighted by Crippen LogP contribution is 2.25. The lowest BCUT2D eigenvalue weighted by Crippen LogP contribution is -2.52. The molecule has 2 fully saturated rings. The van der Waals surface area contributed by atoms with E-state index in [4.69, 9.17) is 9.47 Å². The molecular formula is C29H39N3O6S. The Bertz CT molecular complexity index is 1200. The van der Waals surface area contributed by atoms with Gasteiger partial charge >= 0.3 is 5.97 Å². The van der Waals surface area contributed by atoms with E-state index >= 15 is 0 Å². The van der Waals surface area contributed by atoms with Crippen molar-refractivity contribution >= 4 is 21.9 Å². The van der Waals surface area contributed by atoms with Crippen molar-refractivity contribution < 1.29 is 27.5 Å². The summed E-state index contributed by atoms with van der Waals surface area (Å²) in [6, 6.07) is 14.6. The van der Waals surface area contributed by atoms with Gasteiger partial charge < -0.3 is 19.7 Å². The van der Waals surface area contributed by atoms with Gasteiger partial charge in [0.2, 0.25) is 15.9 Å². The maximum absolute atomic E-state index is 13.3. The van der Waals surface area contributed by atoms with Crippen molar-refractivity contribution in [2.45, 2.75) is 63.0 Å². The second-order valence-corrected chi connectivity index (χ2v) is 12.2. The highest BCUT2D eigenvalue weighted by molar-refractivity contribution is 7.88. The monoisotopic (exact) mass is 557 g/mol. The molecule has 2 aliphatic heterocycles. The largest absolute Gasteiger partial charge is 0.490 e. The summed E-state index contributed by atoms with van der Waals surface area (Å²) < 4.78 is 38.9. The third-order valence-electron chi connectivity index (χ3n) is 7.27. The minimum Gasteiger partial charge on any atom is -0.490 e. The number of ether oxygens (including phenoxy) is 2. The van der Waals surface area contributed by atoms with E-state index in [9.17, 15) is 18.0 Å². The molecule has 0 bridgehead atoms. The second kappa shape index (κ2) is 13.4. The Labute approximate surface area is 231 Å². The Morgan fingerprint density at radius 3 is 2.33 bits per heavy atom. The number of likely N-dealkylation sites (tertiary alicyclic amines) is 1. The summed E-state index contributed by atoms with van der Waals surface area (Å²) in [7, 11) is -1.60. The summed E-state index contributed by atoms with van der Waals surface area (Å²) in [5.74, 6) is -0.431. The number of nitrogens with zero attached hydrogens (tertiary/aromatic N) is 2. The first-order chi connectivity index (χ1) is 18.7. The zero-order chi connectivity index (χ0) is 27.8. The van der Waals surface area contributed by atoms with Gasteiger partial charge in [0.1, 0.15) is 23.9 Å². The Balaban J connectivity index is 1.40. The minimum atomic E-state index is -3.71. The topological polar surface area (TPSA) is 105 Å². The van der Waals surface area contributed by atoms with Crippen molar-refractivity contribution in [2.75, 3.05) is 33.3 Å². The zero-order valence-corrected chi connectivity index (χ0v) is 23.6. The molecule has 0 aliphatic carbocycles. The highest BCUT2D eigenvalue weighted by atomic mass is 32.2. The van der Waals surface area contributed by atoms with Crippen molar-refractivity contribution in [3.63, 3.8) is 0 Å². The lowest BCUT2D eigenvalue weighted by Gasteiger charge is -2.29. The molecule has 2 atom stereocenters. The van der Waals surface area contributed by atoms with Crippen LogP contribution >= 0.6 is 0 Å². The van der Waals surface area contributed by atoms with Crippen LogP contribution in [0.3, 0.4) is 0 Å². The second-order valence-electron chi connectivity index (χ2n) is 10.3. The van der Waals surface area contributed by atoms with Crippen LogP contribution in [-0.4, -0.2) is 81.0 Å². The summed E-state index contributed by atoms with van der Waals surface area (Å²) in [5, 5.41) is 2.79. The fourth-order valence-electron chi connectivity index (χ4n) is 5.14. The molecule has 212 valence electrons. The van der Waals surface area contributed by atoms with Crippen LogP contribution < -0.4 is 10.1 Å². The van der Waals surface area contributed by atoms with Gasteiger partial charge in [0.05, 0.1) is 12.4 Å². The Hall–Kier alpha value is -2.95. The predicted molar refractivity (Wildman–Crippen MR) is 149 cm³/mol. The van der Waals surface area contributed by atoms with E-state index in [0.717, 1.165) is 37.2 Å². The maximum atomic E-state index is 13.3. The number of sulfonamides is 1. The van der Waals surface area contributed by atoms with Gasteiger partial charge in [-0.15, -0.1) is 0 Å². The van der Waals surface area contributed by atoms with Crippen molar-refractivity contribution in [1.82, 2.24) is 14.5 Å². The molecule has 0 saturated carbocycles. The SMILES string of the molecule is CCOC(=O)[C@H](Cc1ccc(OC2CCN(C)CC2)cc1)NC(=O)[C@@H]1CCCN1S(=O)(=O)Cc1ccccc1. The van der Waals surface area contributed by atoms with Crippen LogP contribution in [0.15, 0.2) is 54.6 Å². The van der Waals surface area contributed by atoms with Crippen LogP contribution in [0.25, 0.3) is 0 Å². The molecule has 4 rings (SSSR count). The van der Waals surface area contributed by atoms with Crippen molar-refractivity contribution in [1.29, 1.82) is 0 Å². The smallest absolute Gasteiger partial charge is 0.328 e. The van der Waals surface area contributed by atoms with Crippen LogP contribution in [-0.2, 0) is 36.5 Å². The summed E-state index contributed by atoms with van der Waals surface area (Å²) in [6.45, 7) is 4.18. The molecule has 2 aliphatic rings. The van der Waals surface area contributed by atoms with Gasteiger partial charge in [0.15, 0.2) is 0 Å². The molecule has 2 heterocycles. The van der Waals surface area contributed by atoms with E-state index in [-0.39, 0.29) is 31.4 Å². The molecule has 10 heteroatoms. The molecule has 2 aromatic carbocycles. The standard InChI is InChI=1S/C29H39N3O6S/c1-3-37-29(34)26(20-22-11-13-24(14-12-22)38-25-15-18-31(2)19-16-25)30-28(33)27-10-7-17-32(27)39(35,36)21-23-8-5-4-6-9-23/h4-6,8-9,11-14,25-27H,3,7,10,15-21H2,1-2H3,(H,30,33)/t26-,27-/m0/s1. The van der Waals surface area contributed by atoms with Crippen LogP contribution in [0, 0.1) is 0 Å². The first-order valence-electron chi connectivity index (χ1n) is 13.7. The number of benzene rings is 2. The first-order valence-corrected chi connectivity index (χ1v) is 15.3. The van der Waals surface area contributed by atoms with Gasteiger partial charge in [-0.3, -0.25) is 4.79 Å². The number of nitrogens with one attached hydrogen (secondary N) is 1. The third-order valence-corrected chi connectivity index (χ3v) is 9.12. The molecule has 2 saturated heterocycles. The van der Waals surface area contributed by atoms with E-state index in [1.54, 1.807) is 31.2 Å². The quantitative estimate of drug-likeness (QED) is 0.424. The summed E-state index contributed by atoms with van der Waals surface area (Å²) in [4.78, 5) is 28.4. The van der Waals surface area contributed by atoms with Crippen LogP contribution in [0.4, 0.5) is 0 Å². The van der Waals surface area contributed by atoms with E-state index in [1.165, 1.54) is 4.31 Å². The van der Waals surface area contributed by atoms with E-state index in [1.807, 2.05) is 30.3 Å². The van der Waals surface area contributed by atoms with E-state index in [0.29, 0.717) is 18.4 Å². The lowest BCUT2D eigenvalue weighted by atomic mass is 10.0. The molecule has 1 N–H and O–H groups in total. The molecule has 9 nitrogen and oxygen atoms in total. The van der Waals surface area contributed by atoms with Crippen LogP contribution in [0.5, 0.6) is 5.75 Å². The van der Waals surface area contributed by atoms with E-state index in [2.05, 4.69) is 17.3 Å². The molecule has 0 radical (unpaired) electrons. The lowest BCUT2D eigenvalue weighted by molar-refractivity contribution is -0.147. The molecule has 39 heavy (non-hydrogen) atoms. The molecule has 0 unspecified atom stereocenters. The summed E-state index contributed by atoms with van der Waals surface area (Å²) >= 11 is 0. The normalized spacial score (nSPS) is 19.9. The number of amides is 1. The highest BCUT2D eigenvalue weighted by Gasteiger charge is 2.40. The maximum Gasteiger partial charge on any atom is 0.328 e. The first kappa shape index (κ1) is 29.0. The van der Waals surface area contributed by atoms with E-state index < -0.39 is 34.0 Å². The third kappa shape index (κ3) is 8.03. The molecular weight excluding hydrogens is 518 g/mol. The van der Waals surface area contributed by atoms with Crippen LogP contribution in [0.1, 0.15) is 43.7 Å². The van der Waals surface area contributed by atoms with Gasteiger partial charge in [-0.1, -0.05) is 42.5 Å². The zero-order valence-electron chi connectivity index (χ0n) is 22.8. The number of hydrogen-bond acceptors (Lipinski definition) is 7. The number of carbonyl (C=O) groups excluding carboxylic acids is 2. The molecule has 0 spiro atoms. The fourth-order valence-corrected chi connectivity index (χ4v) is 6.92. The van der Waals surface area contributed by atoms with Gasteiger partial charge in [0, 0.05) is 26.1 Å². The predicted octanol–water partition coefficient (Wildman–Crippen LogP) is 2.74. The summed E-state index contributed by atoms with van der Waals surface area (Å²) in [5.41, 5.74) is 1.50. The number of rotatable bonds is 11. The molecule has 1 amide bonds. The van der Waals surface area contributed by atoms with Crippen molar-refractivity contribution in [2.24, 2.45) is 0 Å². The molecule has 2 aromatic rings. The summed E-state index contributed by atoms with van der Waals surface area (Å²) in [6.07, 6.45) is 3.35. The average Bonchev–Trinajstić information content (AvgIpc) is 3.43. The van der Waals surface area contributed by atoms with Crippen LogP contribution in [0.2, 0.25) is 0 Å². The number of esters is 1. The Morgan fingerprint density at radius 2 is 1.67 bits per heavy atom. The van der Waals surface area contributed by atoms with Gasteiger partial charge in [0.25, 0.3) is 0 Å². The minimum absolute atomic E-state index is 0.176. The molecule has 0 aromatic heterocycles.